The lowest BCUT2D eigenvalue weighted by Crippen LogP contribution is -2.25. The summed E-state index contributed by atoms with van der Waals surface area (Å²) in [5, 5.41) is 8.40. The molecule has 7 heteroatoms. The number of aromatic nitrogens is 3. The van der Waals surface area contributed by atoms with Crippen molar-refractivity contribution in [1.29, 1.82) is 0 Å². The lowest BCUT2D eigenvalue weighted by Gasteiger charge is -2.08. The molecule has 1 aromatic heterocycles. The van der Waals surface area contributed by atoms with Crippen LogP contribution in [0.4, 0.5) is 4.79 Å². The standard InChI is InChI=1S/C12H13ClN4O2/c1-2-19-12(18)16-17-8-14-15-11(17)7-9-3-5-10(13)6-4-9/h3-6,8H,2,7H2,1H3,(H,16,18). The summed E-state index contributed by atoms with van der Waals surface area (Å²) in [6, 6.07) is 7.39. The molecule has 1 N–H and O–H groups in total. The highest BCUT2D eigenvalue weighted by Crippen LogP contribution is 2.12. The van der Waals surface area contributed by atoms with Gasteiger partial charge in [0.2, 0.25) is 0 Å². The van der Waals surface area contributed by atoms with E-state index in [1.807, 2.05) is 12.1 Å². The average molecular weight is 281 g/mol. The van der Waals surface area contributed by atoms with Gasteiger partial charge in [0.1, 0.15) is 6.33 Å². The number of carbonyl (C=O) groups is 1. The van der Waals surface area contributed by atoms with Crippen LogP contribution in [-0.4, -0.2) is 27.6 Å². The van der Waals surface area contributed by atoms with Crippen LogP contribution in [0.2, 0.25) is 5.02 Å². The fourth-order valence-corrected chi connectivity index (χ4v) is 1.65. The van der Waals surface area contributed by atoms with Crippen LogP contribution in [0.25, 0.3) is 0 Å². The summed E-state index contributed by atoms with van der Waals surface area (Å²) < 4.78 is 6.23. The van der Waals surface area contributed by atoms with E-state index < -0.39 is 6.09 Å². The van der Waals surface area contributed by atoms with Crippen LogP contribution in [0.15, 0.2) is 30.6 Å². The Labute approximate surface area is 115 Å². The molecule has 0 spiro atoms. The molecule has 0 radical (unpaired) electrons. The number of carbonyl (C=O) groups excluding carboxylic acids is 1. The molecular formula is C12H13ClN4O2. The molecule has 1 heterocycles. The number of benzene rings is 1. The third-order valence-electron chi connectivity index (χ3n) is 2.38. The Bertz CT molecular complexity index is 553. The maximum Gasteiger partial charge on any atom is 0.426 e. The minimum absolute atomic E-state index is 0.306. The molecule has 0 atom stereocenters. The largest absolute Gasteiger partial charge is 0.449 e. The number of rotatable bonds is 4. The maximum atomic E-state index is 11.3. The van der Waals surface area contributed by atoms with Crippen LogP contribution in [0, 0.1) is 0 Å². The van der Waals surface area contributed by atoms with Gasteiger partial charge in [0.25, 0.3) is 0 Å². The molecule has 100 valence electrons. The maximum absolute atomic E-state index is 11.3. The molecule has 1 aromatic carbocycles. The van der Waals surface area contributed by atoms with E-state index in [0.717, 1.165) is 5.56 Å². The zero-order chi connectivity index (χ0) is 13.7. The van der Waals surface area contributed by atoms with Crippen molar-refractivity contribution in [2.75, 3.05) is 12.0 Å². The summed E-state index contributed by atoms with van der Waals surface area (Å²) in [6.45, 7) is 2.04. The molecular weight excluding hydrogens is 268 g/mol. The molecule has 0 fully saturated rings. The van der Waals surface area contributed by atoms with Gasteiger partial charge in [0, 0.05) is 11.4 Å². The van der Waals surface area contributed by atoms with Gasteiger partial charge in [-0.2, -0.15) is 0 Å². The van der Waals surface area contributed by atoms with Crippen molar-refractivity contribution >= 4 is 17.7 Å². The Morgan fingerprint density at radius 3 is 2.84 bits per heavy atom. The van der Waals surface area contributed by atoms with Crippen LogP contribution < -0.4 is 5.43 Å². The molecule has 0 unspecified atom stereocenters. The van der Waals surface area contributed by atoms with E-state index in [2.05, 4.69) is 15.6 Å². The van der Waals surface area contributed by atoms with Crippen LogP contribution >= 0.6 is 11.6 Å². The molecule has 0 aliphatic heterocycles. The van der Waals surface area contributed by atoms with Crippen LogP contribution in [0.5, 0.6) is 0 Å². The number of halogens is 1. The Morgan fingerprint density at radius 2 is 2.16 bits per heavy atom. The van der Waals surface area contributed by atoms with E-state index in [0.29, 0.717) is 23.9 Å². The Kier molecular flexibility index (Phi) is 4.35. The van der Waals surface area contributed by atoms with Crippen molar-refractivity contribution in [2.24, 2.45) is 0 Å². The summed E-state index contributed by atoms with van der Waals surface area (Å²) in [5.74, 6) is 0.607. The summed E-state index contributed by atoms with van der Waals surface area (Å²) in [5.41, 5.74) is 3.55. The SMILES string of the molecule is CCOC(=O)Nn1cnnc1Cc1ccc(Cl)cc1. The summed E-state index contributed by atoms with van der Waals surface area (Å²) in [4.78, 5) is 11.3. The van der Waals surface area contributed by atoms with E-state index >= 15 is 0 Å². The molecule has 6 nitrogen and oxygen atoms in total. The molecule has 19 heavy (non-hydrogen) atoms. The smallest absolute Gasteiger partial charge is 0.426 e. The first-order valence-corrected chi connectivity index (χ1v) is 6.14. The molecule has 0 saturated carbocycles. The third-order valence-corrected chi connectivity index (χ3v) is 2.63. The van der Waals surface area contributed by atoms with Crippen molar-refractivity contribution in [3.05, 3.63) is 47.0 Å². The van der Waals surface area contributed by atoms with E-state index in [1.165, 1.54) is 11.0 Å². The predicted molar refractivity (Wildman–Crippen MR) is 70.7 cm³/mol. The predicted octanol–water partition coefficient (Wildman–Crippen LogP) is 2.22. The third kappa shape index (κ3) is 3.69. The fraction of sp³-hybridized carbons (Fsp3) is 0.250. The summed E-state index contributed by atoms with van der Waals surface area (Å²) >= 11 is 5.82. The lowest BCUT2D eigenvalue weighted by atomic mass is 10.1. The minimum Gasteiger partial charge on any atom is -0.449 e. The molecule has 2 rings (SSSR count). The number of hydrogen-bond donors (Lipinski definition) is 1. The molecule has 0 aliphatic rings. The van der Waals surface area contributed by atoms with E-state index in [9.17, 15) is 4.79 Å². The van der Waals surface area contributed by atoms with Gasteiger partial charge in [0.05, 0.1) is 6.61 Å². The lowest BCUT2D eigenvalue weighted by molar-refractivity contribution is 0.164. The monoisotopic (exact) mass is 280 g/mol. The topological polar surface area (TPSA) is 69.0 Å². The van der Waals surface area contributed by atoms with Crippen molar-refractivity contribution in [2.45, 2.75) is 13.3 Å². The Balaban J connectivity index is 2.07. The number of hydrogen-bond acceptors (Lipinski definition) is 4. The van der Waals surface area contributed by atoms with Crippen LogP contribution in [-0.2, 0) is 11.2 Å². The van der Waals surface area contributed by atoms with Gasteiger partial charge in [-0.3, -0.25) is 0 Å². The van der Waals surface area contributed by atoms with Gasteiger partial charge in [-0.1, -0.05) is 23.7 Å². The van der Waals surface area contributed by atoms with Gasteiger partial charge in [-0.15, -0.1) is 10.2 Å². The summed E-state index contributed by atoms with van der Waals surface area (Å²) in [7, 11) is 0. The quantitative estimate of drug-likeness (QED) is 0.932. The zero-order valence-electron chi connectivity index (χ0n) is 10.3. The summed E-state index contributed by atoms with van der Waals surface area (Å²) in [6.07, 6.45) is 1.41. The highest BCUT2D eigenvalue weighted by molar-refractivity contribution is 6.30. The van der Waals surface area contributed by atoms with E-state index in [-0.39, 0.29) is 0 Å². The first-order valence-electron chi connectivity index (χ1n) is 5.76. The first-order chi connectivity index (χ1) is 9.19. The van der Waals surface area contributed by atoms with E-state index in [4.69, 9.17) is 16.3 Å². The number of ether oxygens (including phenoxy) is 1. The second kappa shape index (κ2) is 6.19. The highest BCUT2D eigenvalue weighted by atomic mass is 35.5. The van der Waals surface area contributed by atoms with Gasteiger partial charge < -0.3 is 4.74 Å². The second-order valence-corrected chi connectivity index (χ2v) is 4.19. The second-order valence-electron chi connectivity index (χ2n) is 3.75. The minimum atomic E-state index is -0.542. The van der Waals surface area contributed by atoms with Gasteiger partial charge in [-0.25, -0.2) is 14.9 Å². The normalized spacial score (nSPS) is 10.2. The van der Waals surface area contributed by atoms with Crippen molar-refractivity contribution in [3.8, 4) is 0 Å². The molecule has 0 aliphatic carbocycles. The first kappa shape index (κ1) is 13.4. The van der Waals surface area contributed by atoms with Crippen molar-refractivity contribution < 1.29 is 9.53 Å². The number of amides is 1. The van der Waals surface area contributed by atoms with Crippen molar-refractivity contribution in [3.63, 3.8) is 0 Å². The van der Waals surface area contributed by atoms with Gasteiger partial charge in [-0.05, 0) is 24.6 Å². The highest BCUT2D eigenvalue weighted by Gasteiger charge is 2.08. The van der Waals surface area contributed by atoms with E-state index in [1.54, 1.807) is 19.1 Å². The Hall–Kier alpha value is -2.08. The molecule has 1 amide bonds. The fourth-order valence-electron chi connectivity index (χ4n) is 1.52. The zero-order valence-corrected chi connectivity index (χ0v) is 11.1. The molecule has 2 aromatic rings. The Morgan fingerprint density at radius 1 is 1.42 bits per heavy atom. The van der Waals surface area contributed by atoms with Crippen molar-refractivity contribution in [1.82, 2.24) is 14.9 Å². The number of nitrogens with one attached hydrogen (secondary N) is 1. The molecule has 0 saturated heterocycles. The van der Waals surface area contributed by atoms with Gasteiger partial charge >= 0.3 is 6.09 Å². The van der Waals surface area contributed by atoms with Crippen LogP contribution in [0.1, 0.15) is 18.3 Å². The van der Waals surface area contributed by atoms with Gasteiger partial charge in [0.15, 0.2) is 5.82 Å². The average Bonchev–Trinajstić information content (AvgIpc) is 2.80. The van der Waals surface area contributed by atoms with Crippen LogP contribution in [0.3, 0.4) is 0 Å². The molecule has 0 bridgehead atoms. The number of nitrogens with zero attached hydrogens (tertiary/aromatic N) is 3.